The van der Waals surface area contributed by atoms with Gasteiger partial charge in [0.2, 0.25) is 10.0 Å². The molecule has 1 heterocycles. The Morgan fingerprint density at radius 1 is 1.13 bits per heavy atom. The van der Waals surface area contributed by atoms with E-state index in [-0.39, 0.29) is 16.8 Å². The monoisotopic (exact) mass is 442 g/mol. The number of benzene rings is 1. The fourth-order valence-electron chi connectivity index (χ4n) is 2.98. The number of rotatable bonds is 8. The zero-order valence-corrected chi connectivity index (χ0v) is 17.9. The van der Waals surface area contributed by atoms with Crippen LogP contribution in [0.3, 0.4) is 0 Å². The Morgan fingerprint density at radius 2 is 1.73 bits per heavy atom. The molecule has 1 aromatic carbocycles. The zero-order chi connectivity index (χ0) is 22.3. The van der Waals surface area contributed by atoms with Gasteiger partial charge >= 0.3 is 11.9 Å². The van der Waals surface area contributed by atoms with Gasteiger partial charge in [0.1, 0.15) is 11.8 Å². The number of methoxy groups -OCH3 is 2. The molecule has 1 amide bonds. The quantitative estimate of drug-likeness (QED) is 0.570. The van der Waals surface area contributed by atoms with Crippen molar-refractivity contribution in [3.05, 3.63) is 24.3 Å². The molecule has 0 aromatic heterocycles. The van der Waals surface area contributed by atoms with E-state index in [1.165, 1.54) is 50.3 Å². The smallest absolute Gasteiger partial charge is 0.324 e. The molecule has 1 aliphatic heterocycles. The van der Waals surface area contributed by atoms with Crippen molar-refractivity contribution < 1.29 is 37.0 Å². The number of likely N-dealkylation sites (tertiary alicyclic amines) is 1. The van der Waals surface area contributed by atoms with Crippen LogP contribution < -0.4 is 9.46 Å². The molecule has 1 N–H and O–H groups in total. The number of carbonyl (C=O) groups is 3. The number of hydrogen-bond donors (Lipinski definition) is 1. The SMILES string of the molecule is COC(=O)C1CCN(C(=O)COC(=O)C(C)NS(=O)(=O)c2ccc(OC)cc2)CC1. The molecular formula is C19H26N2O8S. The second kappa shape index (κ2) is 10.4. The van der Waals surface area contributed by atoms with Gasteiger partial charge in [-0.1, -0.05) is 0 Å². The van der Waals surface area contributed by atoms with Crippen LogP contribution in [0.5, 0.6) is 5.75 Å². The van der Waals surface area contributed by atoms with E-state index in [1.807, 2.05) is 0 Å². The normalized spacial score (nSPS) is 15.9. The van der Waals surface area contributed by atoms with Gasteiger partial charge in [-0.3, -0.25) is 14.4 Å². The molecule has 11 heteroatoms. The molecule has 0 aliphatic carbocycles. The number of nitrogens with zero attached hydrogens (tertiary/aromatic N) is 1. The van der Waals surface area contributed by atoms with E-state index in [2.05, 4.69) is 4.72 Å². The average Bonchev–Trinajstić information content (AvgIpc) is 2.76. The van der Waals surface area contributed by atoms with Crippen LogP contribution >= 0.6 is 0 Å². The Kier molecular flexibility index (Phi) is 8.18. The maximum Gasteiger partial charge on any atom is 0.324 e. The number of piperidine rings is 1. The molecule has 1 aliphatic rings. The third-order valence-electron chi connectivity index (χ3n) is 4.78. The molecule has 10 nitrogen and oxygen atoms in total. The van der Waals surface area contributed by atoms with E-state index in [1.54, 1.807) is 0 Å². The Labute approximate surface area is 175 Å². The van der Waals surface area contributed by atoms with Crippen molar-refractivity contribution >= 4 is 27.9 Å². The molecule has 1 atom stereocenters. The van der Waals surface area contributed by atoms with E-state index in [9.17, 15) is 22.8 Å². The predicted octanol–water partition coefficient (Wildman–Crippen LogP) is 0.317. The molecule has 1 fully saturated rings. The summed E-state index contributed by atoms with van der Waals surface area (Å²) in [5.74, 6) is -1.32. The maximum atomic E-state index is 12.4. The van der Waals surface area contributed by atoms with Crippen LogP contribution in [-0.2, 0) is 33.9 Å². The van der Waals surface area contributed by atoms with Crippen molar-refractivity contribution in [3.63, 3.8) is 0 Å². The standard InChI is InChI=1S/C19H26N2O8S/c1-13(20-30(25,26)16-6-4-15(27-2)5-7-16)18(23)29-12-17(22)21-10-8-14(9-11-21)19(24)28-3/h4-7,13-14,20H,8-12H2,1-3H3. The Balaban J connectivity index is 1.82. The van der Waals surface area contributed by atoms with E-state index in [4.69, 9.17) is 14.2 Å². The lowest BCUT2D eigenvalue weighted by molar-refractivity contribution is -0.154. The minimum absolute atomic E-state index is 0.0347. The summed E-state index contributed by atoms with van der Waals surface area (Å²) in [5, 5.41) is 0. The van der Waals surface area contributed by atoms with Crippen molar-refractivity contribution in [2.45, 2.75) is 30.7 Å². The van der Waals surface area contributed by atoms with Crippen LogP contribution in [0.25, 0.3) is 0 Å². The van der Waals surface area contributed by atoms with Gasteiger partial charge in [0.25, 0.3) is 5.91 Å². The lowest BCUT2D eigenvalue weighted by Crippen LogP contribution is -2.44. The summed E-state index contributed by atoms with van der Waals surface area (Å²) in [6.07, 6.45) is 0.953. The minimum atomic E-state index is -3.95. The second-order valence-corrected chi connectivity index (χ2v) is 8.52. The lowest BCUT2D eigenvalue weighted by atomic mass is 9.97. The summed E-state index contributed by atoms with van der Waals surface area (Å²) in [6.45, 7) is 1.54. The molecule has 166 valence electrons. The van der Waals surface area contributed by atoms with Crippen molar-refractivity contribution in [2.75, 3.05) is 33.9 Å². The van der Waals surface area contributed by atoms with E-state index in [0.29, 0.717) is 31.7 Å². The van der Waals surface area contributed by atoms with Gasteiger partial charge in [-0.05, 0) is 44.0 Å². The van der Waals surface area contributed by atoms with E-state index < -0.39 is 34.5 Å². The van der Waals surface area contributed by atoms with Crippen LogP contribution in [0.15, 0.2) is 29.2 Å². The Hall–Kier alpha value is -2.66. The summed E-state index contributed by atoms with van der Waals surface area (Å²) in [7, 11) is -1.17. The fourth-order valence-corrected chi connectivity index (χ4v) is 4.18. The predicted molar refractivity (Wildman–Crippen MR) is 105 cm³/mol. The molecule has 0 radical (unpaired) electrons. The Bertz CT molecular complexity index is 861. The van der Waals surface area contributed by atoms with Crippen LogP contribution in [0, 0.1) is 5.92 Å². The van der Waals surface area contributed by atoms with Gasteiger partial charge in [0, 0.05) is 13.1 Å². The number of nitrogens with one attached hydrogen (secondary N) is 1. The van der Waals surface area contributed by atoms with Gasteiger partial charge in [-0.25, -0.2) is 8.42 Å². The summed E-state index contributed by atoms with van der Waals surface area (Å²) in [5.41, 5.74) is 0. The summed E-state index contributed by atoms with van der Waals surface area (Å²) < 4.78 is 41.6. The van der Waals surface area contributed by atoms with Crippen molar-refractivity contribution in [2.24, 2.45) is 5.92 Å². The largest absolute Gasteiger partial charge is 0.497 e. The molecule has 0 saturated carbocycles. The van der Waals surface area contributed by atoms with E-state index >= 15 is 0 Å². The molecule has 0 spiro atoms. The van der Waals surface area contributed by atoms with Gasteiger partial charge in [0.15, 0.2) is 6.61 Å². The Morgan fingerprint density at radius 3 is 2.27 bits per heavy atom. The van der Waals surface area contributed by atoms with Gasteiger partial charge in [-0.15, -0.1) is 0 Å². The first kappa shape index (κ1) is 23.6. The van der Waals surface area contributed by atoms with Gasteiger partial charge in [-0.2, -0.15) is 4.72 Å². The second-order valence-electron chi connectivity index (χ2n) is 6.80. The molecule has 0 bridgehead atoms. The highest BCUT2D eigenvalue weighted by Gasteiger charge is 2.29. The van der Waals surface area contributed by atoms with Crippen LogP contribution in [0.4, 0.5) is 0 Å². The van der Waals surface area contributed by atoms with Crippen LogP contribution in [0.2, 0.25) is 0 Å². The molecular weight excluding hydrogens is 416 g/mol. The number of amides is 1. The highest BCUT2D eigenvalue weighted by atomic mass is 32.2. The van der Waals surface area contributed by atoms with Crippen molar-refractivity contribution in [1.82, 2.24) is 9.62 Å². The maximum absolute atomic E-state index is 12.4. The number of ether oxygens (including phenoxy) is 3. The lowest BCUT2D eigenvalue weighted by Gasteiger charge is -2.30. The van der Waals surface area contributed by atoms with Crippen LogP contribution in [0.1, 0.15) is 19.8 Å². The zero-order valence-electron chi connectivity index (χ0n) is 17.1. The third-order valence-corrected chi connectivity index (χ3v) is 6.33. The summed E-state index contributed by atoms with van der Waals surface area (Å²) in [4.78, 5) is 37.3. The van der Waals surface area contributed by atoms with Crippen molar-refractivity contribution in [3.8, 4) is 5.75 Å². The fraction of sp³-hybridized carbons (Fsp3) is 0.526. The van der Waals surface area contributed by atoms with Crippen molar-refractivity contribution in [1.29, 1.82) is 0 Å². The molecule has 30 heavy (non-hydrogen) atoms. The number of hydrogen-bond acceptors (Lipinski definition) is 8. The van der Waals surface area contributed by atoms with Gasteiger partial charge < -0.3 is 19.1 Å². The molecule has 2 rings (SSSR count). The number of carbonyl (C=O) groups excluding carboxylic acids is 3. The minimum Gasteiger partial charge on any atom is -0.497 e. The first-order valence-electron chi connectivity index (χ1n) is 9.36. The molecule has 1 unspecified atom stereocenters. The first-order chi connectivity index (χ1) is 14.2. The van der Waals surface area contributed by atoms with E-state index in [0.717, 1.165) is 0 Å². The highest BCUT2D eigenvalue weighted by Crippen LogP contribution is 2.19. The first-order valence-corrected chi connectivity index (χ1v) is 10.8. The number of esters is 2. The highest BCUT2D eigenvalue weighted by molar-refractivity contribution is 7.89. The third kappa shape index (κ3) is 6.17. The molecule has 1 saturated heterocycles. The summed E-state index contributed by atoms with van der Waals surface area (Å²) in [6, 6.07) is 4.48. The summed E-state index contributed by atoms with van der Waals surface area (Å²) >= 11 is 0. The van der Waals surface area contributed by atoms with Crippen LogP contribution in [-0.4, -0.2) is 71.1 Å². The van der Waals surface area contributed by atoms with Gasteiger partial charge in [0.05, 0.1) is 25.0 Å². The average molecular weight is 442 g/mol. The number of sulfonamides is 1. The molecule has 1 aromatic rings. The topological polar surface area (TPSA) is 128 Å².